The van der Waals surface area contributed by atoms with Crippen LogP contribution < -0.4 is 5.32 Å². The normalized spacial score (nSPS) is 13.1. The second-order valence-electron chi connectivity index (χ2n) is 3.19. The summed E-state index contributed by atoms with van der Waals surface area (Å²) in [5.41, 5.74) is 0. The molecule has 0 saturated carbocycles. The SMILES string of the molecule is CO[Si](CNC[Si](OC)(OC)OC)(OC)OC. The van der Waals surface area contributed by atoms with Crippen LogP contribution in [-0.4, -0.2) is 72.6 Å². The van der Waals surface area contributed by atoms with E-state index < -0.39 is 17.6 Å². The Balaban J connectivity index is 4.28. The first-order chi connectivity index (χ1) is 8.07. The lowest BCUT2D eigenvalue weighted by Crippen LogP contribution is -2.58. The first kappa shape index (κ1) is 17.2. The summed E-state index contributed by atoms with van der Waals surface area (Å²) in [5, 5.41) is 3.15. The van der Waals surface area contributed by atoms with E-state index in [0.717, 1.165) is 0 Å². The molecule has 0 aliphatic carbocycles. The van der Waals surface area contributed by atoms with Gasteiger partial charge in [-0.1, -0.05) is 0 Å². The molecule has 0 aliphatic heterocycles. The molecule has 0 amide bonds. The van der Waals surface area contributed by atoms with Gasteiger partial charge >= 0.3 is 17.6 Å². The monoisotopic (exact) mass is 285 g/mol. The molecule has 7 nitrogen and oxygen atoms in total. The van der Waals surface area contributed by atoms with Crippen molar-refractivity contribution in [1.29, 1.82) is 0 Å². The molecule has 0 radical (unpaired) electrons. The largest absolute Gasteiger partial charge is 0.514 e. The predicted octanol–water partition coefficient (Wildman–Crippen LogP) is -0.589. The first-order valence-corrected chi connectivity index (χ1v) is 8.95. The van der Waals surface area contributed by atoms with E-state index in [9.17, 15) is 0 Å². The minimum Gasteiger partial charge on any atom is -0.376 e. The lowest BCUT2D eigenvalue weighted by Gasteiger charge is -2.28. The third-order valence-corrected chi connectivity index (χ3v) is 7.65. The highest BCUT2D eigenvalue weighted by molar-refractivity contribution is 6.62. The number of rotatable bonds is 10. The van der Waals surface area contributed by atoms with Crippen LogP contribution in [-0.2, 0) is 26.6 Å². The van der Waals surface area contributed by atoms with Crippen molar-refractivity contribution in [3.8, 4) is 0 Å². The van der Waals surface area contributed by atoms with Gasteiger partial charge < -0.3 is 31.9 Å². The molecule has 0 unspecified atom stereocenters. The highest BCUT2D eigenvalue weighted by Crippen LogP contribution is 2.07. The summed E-state index contributed by atoms with van der Waals surface area (Å²) in [6.45, 7) is 0. The van der Waals surface area contributed by atoms with E-state index in [1.807, 2.05) is 0 Å². The molecule has 0 spiro atoms. The van der Waals surface area contributed by atoms with Gasteiger partial charge in [0.05, 0.1) is 12.3 Å². The molecule has 0 aromatic rings. The summed E-state index contributed by atoms with van der Waals surface area (Å²) in [7, 11) is 4.16. The Kier molecular flexibility index (Phi) is 8.36. The quantitative estimate of drug-likeness (QED) is 0.538. The summed E-state index contributed by atoms with van der Waals surface area (Å²) < 4.78 is 31.7. The molecule has 0 aromatic carbocycles. The summed E-state index contributed by atoms with van der Waals surface area (Å²) in [5.74, 6) is 0. The third kappa shape index (κ3) is 4.73. The van der Waals surface area contributed by atoms with Gasteiger partial charge in [0.2, 0.25) is 0 Å². The molecule has 0 atom stereocenters. The van der Waals surface area contributed by atoms with Crippen molar-refractivity contribution >= 4 is 17.6 Å². The Bertz CT molecular complexity index is 164. The zero-order valence-electron chi connectivity index (χ0n) is 11.4. The molecule has 0 bridgehead atoms. The maximum absolute atomic E-state index is 5.28. The number of nitrogens with one attached hydrogen (secondary N) is 1. The van der Waals surface area contributed by atoms with Crippen LogP contribution >= 0.6 is 0 Å². The van der Waals surface area contributed by atoms with Crippen LogP contribution in [0.1, 0.15) is 0 Å². The average Bonchev–Trinajstić information content (AvgIpc) is 2.41. The Morgan fingerprint density at radius 3 is 1.00 bits per heavy atom. The van der Waals surface area contributed by atoms with Crippen molar-refractivity contribution in [3.63, 3.8) is 0 Å². The van der Waals surface area contributed by atoms with Gasteiger partial charge in [-0.25, -0.2) is 0 Å². The Morgan fingerprint density at radius 2 is 0.824 bits per heavy atom. The molecular weight excluding hydrogens is 262 g/mol. The van der Waals surface area contributed by atoms with Gasteiger partial charge in [-0.15, -0.1) is 0 Å². The van der Waals surface area contributed by atoms with E-state index in [2.05, 4.69) is 5.32 Å². The van der Waals surface area contributed by atoms with Gasteiger partial charge in [-0.05, 0) is 0 Å². The minimum atomic E-state index is -2.61. The molecule has 0 aliphatic rings. The van der Waals surface area contributed by atoms with E-state index in [1.165, 1.54) is 0 Å². The molecule has 0 aromatic heterocycles. The van der Waals surface area contributed by atoms with Crippen molar-refractivity contribution in [1.82, 2.24) is 5.32 Å². The number of hydrogen-bond donors (Lipinski definition) is 1. The standard InChI is InChI=1S/C8H23NO6Si2/c1-10-16(11-2,12-3)7-9-8-17(13-4,14-5)15-6/h9H,7-8H2,1-6H3. The summed E-state index contributed by atoms with van der Waals surface area (Å²) >= 11 is 0. The second kappa shape index (κ2) is 8.29. The lowest BCUT2D eigenvalue weighted by atomic mass is 11.2. The summed E-state index contributed by atoms with van der Waals surface area (Å²) in [4.78, 5) is 0. The summed E-state index contributed by atoms with van der Waals surface area (Å²) in [6, 6.07) is 0. The van der Waals surface area contributed by atoms with E-state index in [4.69, 9.17) is 26.6 Å². The van der Waals surface area contributed by atoms with Crippen LogP contribution in [0.15, 0.2) is 0 Å². The highest BCUT2D eigenvalue weighted by atomic mass is 28.4. The maximum atomic E-state index is 5.28. The zero-order chi connectivity index (χ0) is 13.4. The highest BCUT2D eigenvalue weighted by Gasteiger charge is 2.42. The fraction of sp³-hybridized carbons (Fsp3) is 1.00. The molecular formula is C8H23NO6Si2. The lowest BCUT2D eigenvalue weighted by molar-refractivity contribution is 0.113. The Morgan fingerprint density at radius 1 is 0.588 bits per heavy atom. The van der Waals surface area contributed by atoms with Crippen molar-refractivity contribution in [2.24, 2.45) is 0 Å². The number of hydrogen-bond acceptors (Lipinski definition) is 7. The fourth-order valence-electron chi connectivity index (χ4n) is 1.30. The molecule has 1 N–H and O–H groups in total. The molecule has 104 valence electrons. The predicted molar refractivity (Wildman–Crippen MR) is 66.4 cm³/mol. The van der Waals surface area contributed by atoms with Crippen molar-refractivity contribution in [3.05, 3.63) is 0 Å². The topological polar surface area (TPSA) is 67.4 Å². The molecule has 9 heteroatoms. The summed E-state index contributed by atoms with van der Waals surface area (Å²) in [6.07, 6.45) is 0.919. The van der Waals surface area contributed by atoms with Gasteiger partial charge in [0, 0.05) is 42.7 Å². The maximum Gasteiger partial charge on any atom is 0.514 e. The van der Waals surface area contributed by atoms with Gasteiger partial charge in [0.15, 0.2) is 0 Å². The average molecular weight is 285 g/mol. The van der Waals surface area contributed by atoms with Gasteiger partial charge in [-0.3, -0.25) is 0 Å². The van der Waals surface area contributed by atoms with Crippen molar-refractivity contribution < 1.29 is 26.6 Å². The Labute approximate surface area is 105 Å². The zero-order valence-corrected chi connectivity index (χ0v) is 13.4. The van der Waals surface area contributed by atoms with Crippen molar-refractivity contribution in [2.75, 3.05) is 55.0 Å². The second-order valence-corrected chi connectivity index (χ2v) is 9.08. The first-order valence-electron chi connectivity index (χ1n) is 5.09. The molecule has 0 rings (SSSR count). The van der Waals surface area contributed by atoms with Crippen LogP contribution in [0.2, 0.25) is 0 Å². The van der Waals surface area contributed by atoms with Gasteiger partial charge in [0.25, 0.3) is 0 Å². The van der Waals surface area contributed by atoms with Crippen LogP contribution in [0, 0.1) is 0 Å². The van der Waals surface area contributed by atoms with Gasteiger partial charge in [-0.2, -0.15) is 0 Å². The van der Waals surface area contributed by atoms with E-state index in [0.29, 0.717) is 12.3 Å². The molecule has 0 heterocycles. The van der Waals surface area contributed by atoms with Crippen LogP contribution in [0.25, 0.3) is 0 Å². The van der Waals surface area contributed by atoms with Crippen LogP contribution in [0.3, 0.4) is 0 Å². The smallest absolute Gasteiger partial charge is 0.376 e. The van der Waals surface area contributed by atoms with Gasteiger partial charge in [0.1, 0.15) is 0 Å². The van der Waals surface area contributed by atoms with Crippen LogP contribution in [0.4, 0.5) is 0 Å². The third-order valence-electron chi connectivity index (χ3n) is 2.55. The van der Waals surface area contributed by atoms with Crippen molar-refractivity contribution in [2.45, 2.75) is 0 Å². The fourth-order valence-corrected chi connectivity index (χ4v) is 4.28. The van der Waals surface area contributed by atoms with E-state index in [-0.39, 0.29) is 0 Å². The van der Waals surface area contributed by atoms with E-state index in [1.54, 1.807) is 42.7 Å². The van der Waals surface area contributed by atoms with Crippen LogP contribution in [0.5, 0.6) is 0 Å². The molecule has 0 fully saturated rings. The molecule has 17 heavy (non-hydrogen) atoms. The minimum absolute atomic E-state index is 0.460. The molecule has 0 saturated heterocycles. The Hall–Kier alpha value is 0.154. The van der Waals surface area contributed by atoms with E-state index >= 15 is 0 Å².